The molecule has 0 aliphatic heterocycles. The molecule has 8 heteroatoms. The van der Waals surface area contributed by atoms with Crippen LogP contribution in [0.2, 0.25) is 0 Å². The summed E-state index contributed by atoms with van der Waals surface area (Å²) >= 11 is 0. The number of hydroxylamine groups is 2. The van der Waals surface area contributed by atoms with E-state index in [-0.39, 0.29) is 12.5 Å². The highest BCUT2D eigenvalue weighted by Gasteiger charge is 2.43. The fourth-order valence-electron chi connectivity index (χ4n) is 3.34. The van der Waals surface area contributed by atoms with E-state index >= 15 is 0 Å². The number of carbonyl (C=O) groups excluding carboxylic acids is 3. The minimum Gasteiger partial charge on any atom is -0.371 e. The topological polar surface area (TPSA) is 122 Å². The van der Waals surface area contributed by atoms with E-state index in [9.17, 15) is 19.6 Å². The summed E-state index contributed by atoms with van der Waals surface area (Å²) in [4.78, 5) is 37.9. The third-order valence-electron chi connectivity index (χ3n) is 4.80. The van der Waals surface area contributed by atoms with Gasteiger partial charge in [0.25, 0.3) is 5.91 Å². The van der Waals surface area contributed by atoms with Gasteiger partial charge in [-0.25, -0.2) is 5.06 Å². The second-order valence-electron chi connectivity index (χ2n) is 8.95. The van der Waals surface area contributed by atoms with Crippen molar-refractivity contribution in [1.29, 1.82) is 0 Å². The van der Waals surface area contributed by atoms with Crippen molar-refractivity contribution in [2.75, 3.05) is 7.11 Å². The van der Waals surface area contributed by atoms with Crippen LogP contribution in [0.25, 0.3) is 0 Å². The highest BCUT2D eigenvalue weighted by molar-refractivity contribution is 5.92. The lowest BCUT2D eigenvalue weighted by Crippen LogP contribution is -2.58. The number of primary amides is 1. The van der Waals surface area contributed by atoms with Crippen LogP contribution < -0.4 is 11.1 Å². The molecule has 0 saturated heterocycles. The minimum absolute atomic E-state index is 0.0766. The van der Waals surface area contributed by atoms with Gasteiger partial charge in [0.05, 0.1) is 5.92 Å². The Kier molecular flexibility index (Phi) is 9.45. The first kappa shape index (κ1) is 25.6. The molecule has 0 heterocycles. The molecule has 0 aliphatic carbocycles. The molecule has 3 amide bonds. The summed E-state index contributed by atoms with van der Waals surface area (Å²) in [5.74, 6) is -2.94. The molecular formula is C22H35N3O5. The number of rotatable bonds is 10. The van der Waals surface area contributed by atoms with E-state index in [1.54, 1.807) is 20.8 Å². The number of benzene rings is 1. The zero-order chi connectivity index (χ0) is 23.1. The zero-order valence-electron chi connectivity index (χ0n) is 18.7. The van der Waals surface area contributed by atoms with Crippen LogP contribution in [0.4, 0.5) is 0 Å². The van der Waals surface area contributed by atoms with E-state index in [0.717, 1.165) is 5.56 Å². The van der Waals surface area contributed by atoms with Gasteiger partial charge in [0.2, 0.25) is 11.8 Å². The fraction of sp³-hybridized carbons (Fsp3) is 0.591. The molecule has 8 nitrogen and oxygen atoms in total. The van der Waals surface area contributed by atoms with Crippen molar-refractivity contribution >= 4 is 17.7 Å². The van der Waals surface area contributed by atoms with Gasteiger partial charge < -0.3 is 15.8 Å². The quantitative estimate of drug-likeness (QED) is 0.394. The maximum Gasteiger partial charge on any atom is 0.276 e. The number of nitrogens with two attached hydrogens (primary N) is 1. The molecule has 3 atom stereocenters. The van der Waals surface area contributed by atoms with Crippen molar-refractivity contribution in [1.82, 2.24) is 10.4 Å². The number of hydrogen-bond acceptors (Lipinski definition) is 5. The Labute approximate surface area is 178 Å². The average Bonchev–Trinajstić information content (AvgIpc) is 2.65. The van der Waals surface area contributed by atoms with Crippen LogP contribution in [-0.4, -0.2) is 47.2 Å². The predicted molar refractivity (Wildman–Crippen MR) is 113 cm³/mol. The molecule has 1 unspecified atom stereocenters. The summed E-state index contributed by atoms with van der Waals surface area (Å²) in [6.45, 7) is 9.23. The van der Waals surface area contributed by atoms with Gasteiger partial charge in [-0.15, -0.1) is 0 Å². The Morgan fingerprint density at radius 1 is 1.17 bits per heavy atom. The summed E-state index contributed by atoms with van der Waals surface area (Å²) in [7, 11) is 1.27. The van der Waals surface area contributed by atoms with E-state index in [2.05, 4.69) is 5.32 Å². The summed E-state index contributed by atoms with van der Waals surface area (Å²) < 4.78 is 5.25. The summed E-state index contributed by atoms with van der Waals surface area (Å²) in [5, 5.41) is 13.9. The highest BCUT2D eigenvalue weighted by atomic mass is 16.5. The SMILES string of the molecule is CO[C@H](C(=O)N(O)C(C(=O)NCc1ccccc1)C(C)(C)C)[C@@H](CC(C)C)C(N)=O. The molecule has 30 heavy (non-hydrogen) atoms. The van der Waals surface area contributed by atoms with Gasteiger partial charge in [-0.1, -0.05) is 65.0 Å². The molecule has 1 aromatic rings. The third kappa shape index (κ3) is 7.11. The Hall–Kier alpha value is -2.45. The monoisotopic (exact) mass is 421 g/mol. The number of nitrogens with one attached hydrogen (secondary N) is 1. The maximum atomic E-state index is 13.0. The summed E-state index contributed by atoms with van der Waals surface area (Å²) in [6.07, 6.45) is -0.977. The summed E-state index contributed by atoms with van der Waals surface area (Å²) in [5.41, 5.74) is 5.58. The van der Waals surface area contributed by atoms with E-state index in [1.165, 1.54) is 7.11 Å². The van der Waals surface area contributed by atoms with E-state index in [1.807, 2.05) is 44.2 Å². The van der Waals surface area contributed by atoms with Gasteiger partial charge in [0.15, 0.2) is 0 Å². The van der Waals surface area contributed by atoms with Gasteiger partial charge in [-0.3, -0.25) is 19.6 Å². The molecule has 1 rings (SSSR count). The molecule has 0 bridgehead atoms. The number of amides is 3. The van der Waals surface area contributed by atoms with Crippen molar-refractivity contribution in [3.8, 4) is 0 Å². The van der Waals surface area contributed by atoms with Crippen LogP contribution in [-0.2, 0) is 25.7 Å². The van der Waals surface area contributed by atoms with E-state index in [0.29, 0.717) is 11.5 Å². The van der Waals surface area contributed by atoms with Crippen LogP contribution in [0, 0.1) is 17.3 Å². The average molecular weight is 422 g/mol. The first-order chi connectivity index (χ1) is 13.9. The molecule has 0 saturated carbocycles. The lowest BCUT2D eigenvalue weighted by atomic mass is 9.84. The lowest BCUT2D eigenvalue weighted by Gasteiger charge is -2.37. The van der Waals surface area contributed by atoms with Crippen molar-refractivity contribution in [2.24, 2.45) is 23.0 Å². The van der Waals surface area contributed by atoms with Crippen LogP contribution in [0.5, 0.6) is 0 Å². The predicted octanol–water partition coefficient (Wildman–Crippen LogP) is 2.10. The Morgan fingerprint density at radius 2 is 1.73 bits per heavy atom. The number of hydrogen-bond donors (Lipinski definition) is 3. The first-order valence-corrected chi connectivity index (χ1v) is 10.1. The van der Waals surface area contributed by atoms with Gasteiger partial charge in [-0.05, 0) is 23.3 Å². The van der Waals surface area contributed by atoms with Crippen molar-refractivity contribution in [2.45, 2.75) is 59.7 Å². The normalized spacial score (nSPS) is 14.7. The lowest BCUT2D eigenvalue weighted by molar-refractivity contribution is -0.200. The van der Waals surface area contributed by atoms with Crippen LogP contribution in [0.1, 0.15) is 46.6 Å². The van der Waals surface area contributed by atoms with Crippen molar-refractivity contribution in [3.05, 3.63) is 35.9 Å². The summed E-state index contributed by atoms with van der Waals surface area (Å²) in [6, 6.07) is 8.10. The Bertz CT molecular complexity index is 715. The standard InChI is InChI=1S/C22H35N3O5/c1-14(2)12-16(19(23)26)17(30-6)21(28)25(29)18(22(3,4)5)20(27)24-13-15-10-8-7-9-11-15/h7-11,14,16-18,29H,12-13H2,1-6H3,(H2,23,26)(H,24,27)/t16-,17+,18?/m1/s1. The number of carbonyl (C=O) groups is 3. The van der Waals surface area contributed by atoms with Crippen LogP contribution in [0.3, 0.4) is 0 Å². The fourth-order valence-corrected chi connectivity index (χ4v) is 3.34. The molecule has 4 N–H and O–H groups in total. The largest absolute Gasteiger partial charge is 0.371 e. The second kappa shape index (κ2) is 11.1. The number of ether oxygens (including phenoxy) is 1. The van der Waals surface area contributed by atoms with Crippen LogP contribution >= 0.6 is 0 Å². The minimum atomic E-state index is -1.29. The Balaban J connectivity index is 3.07. The van der Waals surface area contributed by atoms with Gasteiger partial charge in [0, 0.05) is 13.7 Å². The molecule has 0 radical (unpaired) electrons. The van der Waals surface area contributed by atoms with E-state index < -0.39 is 41.2 Å². The van der Waals surface area contributed by atoms with Crippen LogP contribution in [0.15, 0.2) is 30.3 Å². The van der Waals surface area contributed by atoms with Crippen molar-refractivity contribution in [3.63, 3.8) is 0 Å². The first-order valence-electron chi connectivity index (χ1n) is 10.1. The molecule has 168 valence electrons. The highest BCUT2D eigenvalue weighted by Crippen LogP contribution is 2.27. The van der Waals surface area contributed by atoms with Gasteiger partial charge in [-0.2, -0.15) is 0 Å². The number of nitrogens with zero attached hydrogens (tertiary/aromatic N) is 1. The molecule has 0 fully saturated rings. The molecular weight excluding hydrogens is 386 g/mol. The maximum absolute atomic E-state index is 13.0. The molecule has 0 aliphatic rings. The van der Waals surface area contributed by atoms with Gasteiger partial charge >= 0.3 is 0 Å². The third-order valence-corrected chi connectivity index (χ3v) is 4.80. The molecule has 0 aromatic heterocycles. The van der Waals surface area contributed by atoms with Gasteiger partial charge in [0.1, 0.15) is 12.1 Å². The Morgan fingerprint density at radius 3 is 2.17 bits per heavy atom. The van der Waals surface area contributed by atoms with E-state index in [4.69, 9.17) is 10.5 Å². The second-order valence-corrected chi connectivity index (χ2v) is 8.95. The smallest absolute Gasteiger partial charge is 0.276 e. The molecule has 1 aromatic carbocycles. The van der Waals surface area contributed by atoms with Crippen molar-refractivity contribution < 1.29 is 24.3 Å². The number of methoxy groups -OCH3 is 1. The molecule has 0 spiro atoms. The zero-order valence-corrected chi connectivity index (χ0v) is 18.7.